The molecule has 0 saturated heterocycles. The average Bonchev–Trinajstić information content (AvgIpc) is 3.05. The summed E-state index contributed by atoms with van der Waals surface area (Å²) < 4.78 is 10.8. The summed E-state index contributed by atoms with van der Waals surface area (Å²) in [5.74, 6) is 0.334. The van der Waals surface area contributed by atoms with Crippen LogP contribution in [0, 0.1) is 20.8 Å². The van der Waals surface area contributed by atoms with E-state index in [1.54, 1.807) is 32.4 Å². The third kappa shape index (κ3) is 4.07. The van der Waals surface area contributed by atoms with E-state index in [1.165, 1.54) is 4.90 Å². The summed E-state index contributed by atoms with van der Waals surface area (Å²) in [6.07, 6.45) is 0. The first kappa shape index (κ1) is 22.1. The molecule has 0 aliphatic carbocycles. The van der Waals surface area contributed by atoms with Crippen LogP contribution in [0.15, 0.2) is 66.4 Å². The zero-order valence-electron chi connectivity index (χ0n) is 19.4. The number of anilines is 2. The Balaban J connectivity index is 1.86. The van der Waals surface area contributed by atoms with E-state index in [9.17, 15) is 9.59 Å². The molecule has 168 valence electrons. The monoisotopic (exact) mass is 442 g/mol. The summed E-state index contributed by atoms with van der Waals surface area (Å²) in [5, 5.41) is 3.18. The van der Waals surface area contributed by atoms with Crippen molar-refractivity contribution in [3.05, 3.63) is 88.6 Å². The predicted molar refractivity (Wildman–Crippen MR) is 130 cm³/mol. The van der Waals surface area contributed by atoms with Gasteiger partial charge in [-0.1, -0.05) is 42.0 Å². The molecular weight excluding hydrogens is 416 g/mol. The summed E-state index contributed by atoms with van der Waals surface area (Å²) in [6.45, 7) is 5.80. The van der Waals surface area contributed by atoms with Gasteiger partial charge in [-0.3, -0.25) is 9.59 Å². The highest BCUT2D eigenvalue weighted by Crippen LogP contribution is 2.37. The molecule has 3 aromatic carbocycles. The Morgan fingerprint density at radius 2 is 1.45 bits per heavy atom. The normalized spacial score (nSPS) is 13.5. The van der Waals surface area contributed by atoms with Crippen molar-refractivity contribution in [3.63, 3.8) is 0 Å². The number of nitrogens with one attached hydrogen (secondary N) is 1. The van der Waals surface area contributed by atoms with Crippen molar-refractivity contribution in [2.24, 2.45) is 0 Å². The number of imide groups is 1. The van der Waals surface area contributed by atoms with Crippen LogP contribution in [0.25, 0.3) is 5.57 Å². The molecule has 1 N–H and O–H groups in total. The lowest BCUT2D eigenvalue weighted by atomic mass is 10.0. The molecule has 33 heavy (non-hydrogen) atoms. The maximum atomic E-state index is 13.7. The molecule has 1 heterocycles. The van der Waals surface area contributed by atoms with E-state index in [0.29, 0.717) is 34.0 Å². The molecule has 6 nitrogen and oxygen atoms in total. The van der Waals surface area contributed by atoms with Crippen molar-refractivity contribution in [1.82, 2.24) is 0 Å². The van der Waals surface area contributed by atoms with E-state index in [1.807, 2.05) is 63.2 Å². The Kier molecular flexibility index (Phi) is 5.92. The number of methoxy groups -OCH3 is 2. The summed E-state index contributed by atoms with van der Waals surface area (Å²) in [7, 11) is 3.11. The van der Waals surface area contributed by atoms with Crippen LogP contribution in [0.2, 0.25) is 0 Å². The maximum absolute atomic E-state index is 13.7. The number of rotatable bonds is 6. The van der Waals surface area contributed by atoms with Gasteiger partial charge in [0, 0.05) is 6.07 Å². The smallest absolute Gasteiger partial charge is 0.282 e. The van der Waals surface area contributed by atoms with Crippen LogP contribution in [0.4, 0.5) is 11.4 Å². The number of ether oxygens (including phenoxy) is 2. The molecule has 4 rings (SSSR count). The standard InChI is InChI=1S/C27H26N2O4/c1-16-7-10-19(11-8-16)24-25(28-21-13-12-20(32-4)15-23(21)33-5)27(31)29(26(24)30)22-14-17(2)6-9-18(22)3/h6-15,28H,1-5H3. The molecule has 6 heteroatoms. The minimum atomic E-state index is -0.415. The molecule has 0 unspecified atom stereocenters. The van der Waals surface area contributed by atoms with Crippen molar-refractivity contribution < 1.29 is 19.1 Å². The largest absolute Gasteiger partial charge is 0.497 e. The van der Waals surface area contributed by atoms with E-state index in [4.69, 9.17) is 9.47 Å². The van der Waals surface area contributed by atoms with Gasteiger partial charge in [-0.15, -0.1) is 0 Å². The van der Waals surface area contributed by atoms with Crippen LogP contribution in [0.1, 0.15) is 22.3 Å². The molecule has 0 bridgehead atoms. The lowest BCUT2D eigenvalue weighted by molar-refractivity contribution is -0.120. The van der Waals surface area contributed by atoms with Crippen LogP contribution in [0.3, 0.4) is 0 Å². The Morgan fingerprint density at radius 1 is 0.758 bits per heavy atom. The number of carbonyl (C=O) groups excluding carboxylic acids is 2. The lowest BCUT2D eigenvalue weighted by Crippen LogP contribution is -2.33. The highest BCUT2D eigenvalue weighted by atomic mass is 16.5. The van der Waals surface area contributed by atoms with Gasteiger partial charge < -0.3 is 14.8 Å². The number of benzene rings is 3. The van der Waals surface area contributed by atoms with E-state index in [-0.39, 0.29) is 11.6 Å². The quantitative estimate of drug-likeness (QED) is 0.543. The number of aryl methyl sites for hydroxylation is 3. The zero-order chi connectivity index (χ0) is 23.7. The summed E-state index contributed by atoms with van der Waals surface area (Å²) in [4.78, 5) is 28.6. The van der Waals surface area contributed by atoms with Gasteiger partial charge in [-0.05, 0) is 55.7 Å². The van der Waals surface area contributed by atoms with Crippen molar-refractivity contribution in [1.29, 1.82) is 0 Å². The second-order valence-corrected chi connectivity index (χ2v) is 8.04. The zero-order valence-corrected chi connectivity index (χ0v) is 19.4. The number of nitrogens with zero attached hydrogens (tertiary/aromatic N) is 1. The first-order valence-corrected chi connectivity index (χ1v) is 10.6. The van der Waals surface area contributed by atoms with Crippen molar-refractivity contribution in [3.8, 4) is 11.5 Å². The highest BCUT2D eigenvalue weighted by Gasteiger charge is 2.41. The van der Waals surface area contributed by atoms with Crippen molar-refractivity contribution in [2.45, 2.75) is 20.8 Å². The van der Waals surface area contributed by atoms with Gasteiger partial charge in [-0.25, -0.2) is 4.90 Å². The van der Waals surface area contributed by atoms with Gasteiger partial charge >= 0.3 is 0 Å². The van der Waals surface area contributed by atoms with Gasteiger partial charge in [0.25, 0.3) is 11.8 Å². The Labute approximate surface area is 193 Å². The molecule has 2 amide bonds. The van der Waals surface area contributed by atoms with E-state index in [0.717, 1.165) is 16.7 Å². The SMILES string of the molecule is COc1ccc(NC2=C(c3ccc(C)cc3)C(=O)N(c3cc(C)ccc3C)C2=O)c(OC)c1. The maximum Gasteiger partial charge on any atom is 0.282 e. The third-order valence-corrected chi connectivity index (χ3v) is 5.70. The Hall–Kier alpha value is -4.06. The van der Waals surface area contributed by atoms with E-state index in [2.05, 4.69) is 5.32 Å². The van der Waals surface area contributed by atoms with Crippen LogP contribution in [-0.2, 0) is 9.59 Å². The Bertz CT molecular complexity index is 1280. The second-order valence-electron chi connectivity index (χ2n) is 8.04. The fourth-order valence-electron chi connectivity index (χ4n) is 3.85. The van der Waals surface area contributed by atoms with Crippen LogP contribution in [0.5, 0.6) is 11.5 Å². The Morgan fingerprint density at radius 3 is 2.12 bits per heavy atom. The van der Waals surface area contributed by atoms with Gasteiger partial charge in [0.05, 0.1) is 31.2 Å². The van der Waals surface area contributed by atoms with Gasteiger partial charge in [0.15, 0.2) is 0 Å². The van der Waals surface area contributed by atoms with Gasteiger partial charge in [0.1, 0.15) is 17.2 Å². The van der Waals surface area contributed by atoms with Gasteiger partial charge in [0.2, 0.25) is 0 Å². The minimum absolute atomic E-state index is 0.202. The van der Waals surface area contributed by atoms with Crippen LogP contribution < -0.4 is 19.7 Å². The van der Waals surface area contributed by atoms with E-state index >= 15 is 0 Å². The van der Waals surface area contributed by atoms with Gasteiger partial charge in [-0.2, -0.15) is 0 Å². The molecule has 0 spiro atoms. The third-order valence-electron chi connectivity index (χ3n) is 5.70. The number of amides is 2. The summed E-state index contributed by atoms with van der Waals surface area (Å²) >= 11 is 0. The number of hydrogen-bond donors (Lipinski definition) is 1. The van der Waals surface area contributed by atoms with Crippen LogP contribution >= 0.6 is 0 Å². The lowest BCUT2D eigenvalue weighted by Gasteiger charge is -2.19. The predicted octanol–water partition coefficient (Wildman–Crippen LogP) is 5.03. The topological polar surface area (TPSA) is 67.9 Å². The molecule has 0 radical (unpaired) electrons. The summed E-state index contributed by atoms with van der Waals surface area (Å²) in [6, 6.07) is 18.5. The fourth-order valence-corrected chi connectivity index (χ4v) is 3.85. The number of hydrogen-bond acceptors (Lipinski definition) is 5. The first-order valence-electron chi connectivity index (χ1n) is 10.6. The average molecular weight is 443 g/mol. The second kappa shape index (κ2) is 8.82. The number of carbonyl (C=O) groups is 2. The molecule has 3 aromatic rings. The molecule has 0 saturated carbocycles. The molecule has 1 aliphatic heterocycles. The summed E-state index contributed by atoms with van der Waals surface area (Å²) in [5.41, 5.74) is 5.19. The first-order chi connectivity index (χ1) is 15.8. The molecule has 1 aliphatic rings. The van der Waals surface area contributed by atoms with Crippen molar-refractivity contribution in [2.75, 3.05) is 24.4 Å². The van der Waals surface area contributed by atoms with E-state index < -0.39 is 5.91 Å². The molecule has 0 atom stereocenters. The highest BCUT2D eigenvalue weighted by molar-refractivity contribution is 6.46. The minimum Gasteiger partial charge on any atom is -0.497 e. The molecule has 0 aromatic heterocycles. The van der Waals surface area contributed by atoms with Crippen molar-refractivity contribution >= 4 is 28.8 Å². The fraction of sp³-hybridized carbons (Fsp3) is 0.185. The molecular formula is C27H26N2O4. The molecule has 0 fully saturated rings. The van der Waals surface area contributed by atoms with Crippen LogP contribution in [-0.4, -0.2) is 26.0 Å².